The van der Waals surface area contributed by atoms with Crippen LogP contribution in [0.3, 0.4) is 0 Å². The number of terminal acetylenes is 1. The number of aliphatic carboxylic acids is 1. The van der Waals surface area contributed by atoms with Crippen molar-refractivity contribution in [3.05, 3.63) is 27.2 Å². The SMILES string of the molecule is C#CCC1(CCC(C)=O)Cc2cc(OCC(=O)O)c(Cl)c(Cl)c2C1=O. The molecule has 1 aromatic carbocycles. The number of halogens is 2. The molecule has 0 aliphatic heterocycles. The topological polar surface area (TPSA) is 80.7 Å². The third-order valence-corrected chi connectivity index (χ3v) is 5.09. The second kappa shape index (κ2) is 7.47. The molecule has 2 rings (SSSR count). The number of hydrogen-bond acceptors (Lipinski definition) is 4. The Morgan fingerprint density at radius 1 is 1.40 bits per heavy atom. The number of Topliss-reactive ketones (excluding diaryl/α,β-unsaturated/α-hetero) is 2. The van der Waals surface area contributed by atoms with Crippen molar-refractivity contribution in [2.24, 2.45) is 5.41 Å². The van der Waals surface area contributed by atoms with Crippen molar-refractivity contribution < 1.29 is 24.2 Å². The Kier molecular flexibility index (Phi) is 5.76. The van der Waals surface area contributed by atoms with Crippen LogP contribution in [0.5, 0.6) is 5.75 Å². The predicted octanol–water partition coefficient (Wildman–Crippen LogP) is 3.57. The molecule has 0 spiro atoms. The number of ketones is 2. The van der Waals surface area contributed by atoms with E-state index in [1.807, 2.05) is 0 Å². The minimum atomic E-state index is -1.16. The molecule has 1 atom stereocenters. The number of ether oxygens (including phenoxy) is 1. The Balaban J connectivity index is 2.44. The summed E-state index contributed by atoms with van der Waals surface area (Å²) in [6.07, 6.45) is 6.47. The van der Waals surface area contributed by atoms with E-state index in [4.69, 9.17) is 39.5 Å². The minimum Gasteiger partial charge on any atom is -0.480 e. The summed E-state index contributed by atoms with van der Waals surface area (Å²) < 4.78 is 5.14. The van der Waals surface area contributed by atoms with Crippen LogP contribution in [0, 0.1) is 17.8 Å². The molecular formula is C18H16Cl2O5. The molecule has 0 heterocycles. The van der Waals surface area contributed by atoms with Gasteiger partial charge in [0.15, 0.2) is 12.4 Å². The van der Waals surface area contributed by atoms with Crippen LogP contribution in [0.15, 0.2) is 6.07 Å². The quantitative estimate of drug-likeness (QED) is 0.728. The van der Waals surface area contributed by atoms with Crippen LogP contribution in [-0.4, -0.2) is 29.2 Å². The Bertz CT molecular complexity index is 794. The molecule has 25 heavy (non-hydrogen) atoms. The molecule has 0 aromatic heterocycles. The molecule has 0 amide bonds. The summed E-state index contributed by atoms with van der Waals surface area (Å²) in [6, 6.07) is 1.52. The maximum absolute atomic E-state index is 13.0. The van der Waals surface area contributed by atoms with Gasteiger partial charge in [0.05, 0.1) is 5.02 Å². The van der Waals surface area contributed by atoms with E-state index in [1.54, 1.807) is 0 Å². The number of hydrogen-bond donors (Lipinski definition) is 1. The van der Waals surface area contributed by atoms with E-state index in [2.05, 4.69) is 5.92 Å². The molecular weight excluding hydrogens is 367 g/mol. The van der Waals surface area contributed by atoms with E-state index in [0.717, 1.165) is 0 Å². The third-order valence-electron chi connectivity index (χ3n) is 4.24. The first-order chi connectivity index (χ1) is 11.7. The van der Waals surface area contributed by atoms with Crippen molar-refractivity contribution >= 4 is 40.7 Å². The van der Waals surface area contributed by atoms with Crippen LogP contribution in [0.4, 0.5) is 0 Å². The highest BCUT2D eigenvalue weighted by Gasteiger charge is 2.46. The van der Waals surface area contributed by atoms with Crippen LogP contribution >= 0.6 is 23.2 Å². The molecule has 1 unspecified atom stereocenters. The lowest BCUT2D eigenvalue weighted by molar-refractivity contribution is -0.139. The van der Waals surface area contributed by atoms with E-state index in [-0.39, 0.29) is 45.8 Å². The molecule has 1 N–H and O–H groups in total. The number of fused-ring (bicyclic) bond motifs is 1. The first-order valence-electron chi connectivity index (χ1n) is 7.55. The third kappa shape index (κ3) is 3.81. The van der Waals surface area contributed by atoms with Gasteiger partial charge < -0.3 is 14.6 Å². The Labute approximate surface area is 155 Å². The van der Waals surface area contributed by atoms with E-state index in [0.29, 0.717) is 18.4 Å². The van der Waals surface area contributed by atoms with Gasteiger partial charge in [-0.25, -0.2) is 4.79 Å². The number of carboxylic acids is 1. The number of benzene rings is 1. The molecule has 0 saturated carbocycles. The van der Waals surface area contributed by atoms with Crippen molar-refractivity contribution in [3.63, 3.8) is 0 Å². The normalized spacial score (nSPS) is 18.6. The maximum Gasteiger partial charge on any atom is 0.341 e. The fourth-order valence-electron chi connectivity index (χ4n) is 3.04. The van der Waals surface area contributed by atoms with E-state index >= 15 is 0 Å². The first kappa shape index (κ1) is 19.3. The molecule has 0 bridgehead atoms. The number of carboxylic acid groups (broad SMARTS) is 1. The van der Waals surface area contributed by atoms with Crippen LogP contribution < -0.4 is 4.74 Å². The highest BCUT2D eigenvalue weighted by molar-refractivity contribution is 6.45. The molecule has 5 nitrogen and oxygen atoms in total. The summed E-state index contributed by atoms with van der Waals surface area (Å²) in [7, 11) is 0. The van der Waals surface area contributed by atoms with Gasteiger partial charge in [0.1, 0.15) is 16.6 Å². The summed E-state index contributed by atoms with van der Waals surface area (Å²) in [6.45, 7) is 0.875. The van der Waals surface area contributed by atoms with Gasteiger partial charge in [-0.05, 0) is 31.4 Å². The second-order valence-corrected chi connectivity index (χ2v) is 6.84. The largest absolute Gasteiger partial charge is 0.480 e. The zero-order valence-corrected chi connectivity index (χ0v) is 15.0. The fraction of sp³-hybridized carbons (Fsp3) is 0.389. The van der Waals surface area contributed by atoms with Crippen molar-refractivity contribution in [2.75, 3.05) is 6.61 Å². The summed E-state index contributed by atoms with van der Waals surface area (Å²) in [5.41, 5.74) is -0.0343. The highest BCUT2D eigenvalue weighted by atomic mass is 35.5. The average Bonchev–Trinajstić information content (AvgIpc) is 2.80. The van der Waals surface area contributed by atoms with E-state index in [1.165, 1.54) is 13.0 Å². The van der Waals surface area contributed by atoms with Gasteiger partial charge in [0.25, 0.3) is 0 Å². The average molecular weight is 383 g/mol. The van der Waals surface area contributed by atoms with E-state index in [9.17, 15) is 14.4 Å². The number of carbonyl (C=O) groups excluding carboxylic acids is 2. The first-order valence-corrected chi connectivity index (χ1v) is 8.30. The monoisotopic (exact) mass is 382 g/mol. The Hall–Kier alpha value is -2.03. The summed E-state index contributed by atoms with van der Waals surface area (Å²) in [5, 5.41) is 8.74. The van der Waals surface area contributed by atoms with Crippen molar-refractivity contribution in [2.45, 2.75) is 32.6 Å². The van der Waals surface area contributed by atoms with Gasteiger partial charge in [0, 0.05) is 23.8 Å². The summed E-state index contributed by atoms with van der Waals surface area (Å²) in [5.74, 6) is 1.18. The lowest BCUT2D eigenvalue weighted by atomic mass is 9.76. The lowest BCUT2D eigenvalue weighted by Crippen LogP contribution is -2.28. The minimum absolute atomic E-state index is 0.0157. The predicted molar refractivity (Wildman–Crippen MR) is 93.4 cm³/mol. The highest BCUT2D eigenvalue weighted by Crippen LogP contribution is 2.49. The fourth-order valence-corrected chi connectivity index (χ4v) is 3.54. The molecule has 1 aliphatic carbocycles. The number of rotatable bonds is 7. The molecule has 0 fully saturated rings. The lowest BCUT2D eigenvalue weighted by Gasteiger charge is -2.24. The van der Waals surface area contributed by atoms with Crippen LogP contribution in [-0.2, 0) is 16.0 Å². The Morgan fingerprint density at radius 2 is 2.08 bits per heavy atom. The maximum atomic E-state index is 13.0. The zero-order valence-electron chi connectivity index (χ0n) is 13.5. The summed E-state index contributed by atoms with van der Waals surface area (Å²) in [4.78, 5) is 35.0. The summed E-state index contributed by atoms with van der Waals surface area (Å²) >= 11 is 12.4. The molecule has 7 heteroatoms. The second-order valence-electron chi connectivity index (χ2n) is 6.09. The molecule has 0 saturated heterocycles. The van der Waals surface area contributed by atoms with Crippen LogP contribution in [0.2, 0.25) is 10.0 Å². The standard InChI is InChI=1S/C18H16Cl2O5/c1-3-5-18(6-4-10(2)21)8-11-7-12(25-9-13(22)23)15(19)16(20)14(11)17(18)24/h1,7H,4-6,8-9H2,2H3,(H,22,23). The van der Waals surface area contributed by atoms with Crippen molar-refractivity contribution in [3.8, 4) is 18.1 Å². The van der Waals surface area contributed by atoms with Crippen LogP contribution in [0.1, 0.15) is 42.1 Å². The van der Waals surface area contributed by atoms with Gasteiger partial charge in [-0.3, -0.25) is 4.79 Å². The smallest absolute Gasteiger partial charge is 0.341 e. The van der Waals surface area contributed by atoms with Gasteiger partial charge >= 0.3 is 5.97 Å². The van der Waals surface area contributed by atoms with E-state index < -0.39 is 18.0 Å². The zero-order chi connectivity index (χ0) is 18.8. The number of carbonyl (C=O) groups is 3. The van der Waals surface area contributed by atoms with Crippen molar-refractivity contribution in [1.82, 2.24) is 0 Å². The molecule has 0 radical (unpaired) electrons. The van der Waals surface area contributed by atoms with Crippen LogP contribution in [0.25, 0.3) is 0 Å². The Morgan fingerprint density at radius 3 is 2.64 bits per heavy atom. The molecule has 1 aliphatic rings. The van der Waals surface area contributed by atoms with Gasteiger partial charge in [-0.15, -0.1) is 12.3 Å². The van der Waals surface area contributed by atoms with Gasteiger partial charge in [-0.1, -0.05) is 23.2 Å². The molecule has 132 valence electrons. The van der Waals surface area contributed by atoms with Crippen molar-refractivity contribution in [1.29, 1.82) is 0 Å². The van der Waals surface area contributed by atoms with Gasteiger partial charge in [-0.2, -0.15) is 0 Å². The molecule has 1 aromatic rings. The van der Waals surface area contributed by atoms with Gasteiger partial charge in [0.2, 0.25) is 0 Å².